The molecule has 1 amide bonds. The largest absolute Gasteiger partial charge is 0.386 e. The van der Waals surface area contributed by atoms with Crippen LogP contribution in [0.25, 0.3) is 10.8 Å². The third kappa shape index (κ3) is 4.43. The second kappa shape index (κ2) is 9.21. The first kappa shape index (κ1) is 20.3. The van der Waals surface area contributed by atoms with E-state index in [1.807, 2.05) is 43.4 Å². The van der Waals surface area contributed by atoms with E-state index in [4.69, 9.17) is 0 Å². The third-order valence-electron chi connectivity index (χ3n) is 6.28. The standard InChI is InChI=1S/C26H31N3O/c1-18-14-15-23(22-11-4-3-10-21(18)22)26(30)29-20-9-7-8-19(16-20)17-28-25-13-6-5-12-24(25)27-2/h3-6,10-15,19-20,27-28H,7-9,16-17H2,1-2H3,(H,29,30). The topological polar surface area (TPSA) is 53.2 Å². The second-order valence-electron chi connectivity index (χ2n) is 8.36. The number of hydrogen-bond acceptors (Lipinski definition) is 3. The fourth-order valence-corrected chi connectivity index (χ4v) is 4.63. The van der Waals surface area contributed by atoms with Crippen molar-refractivity contribution in [1.82, 2.24) is 5.32 Å². The van der Waals surface area contributed by atoms with Crippen LogP contribution < -0.4 is 16.0 Å². The second-order valence-corrected chi connectivity index (χ2v) is 8.36. The molecule has 30 heavy (non-hydrogen) atoms. The number of hydrogen-bond donors (Lipinski definition) is 3. The molecule has 1 aliphatic carbocycles. The minimum atomic E-state index is 0.0466. The Morgan fingerprint density at radius 2 is 1.67 bits per heavy atom. The summed E-state index contributed by atoms with van der Waals surface area (Å²) in [7, 11) is 1.95. The predicted molar refractivity (Wildman–Crippen MR) is 126 cm³/mol. The van der Waals surface area contributed by atoms with Gasteiger partial charge in [-0.2, -0.15) is 0 Å². The number of rotatable bonds is 6. The molecule has 2 unspecified atom stereocenters. The van der Waals surface area contributed by atoms with Crippen LogP contribution in [0.2, 0.25) is 0 Å². The highest BCUT2D eigenvalue weighted by Gasteiger charge is 2.24. The molecule has 4 nitrogen and oxygen atoms in total. The number of para-hydroxylation sites is 2. The van der Waals surface area contributed by atoms with Gasteiger partial charge in [-0.05, 0) is 66.6 Å². The van der Waals surface area contributed by atoms with Crippen molar-refractivity contribution in [3.05, 3.63) is 71.8 Å². The Hall–Kier alpha value is -3.01. The maximum atomic E-state index is 13.1. The van der Waals surface area contributed by atoms with E-state index in [9.17, 15) is 4.79 Å². The van der Waals surface area contributed by atoms with Crippen LogP contribution in [0, 0.1) is 12.8 Å². The van der Waals surface area contributed by atoms with Gasteiger partial charge >= 0.3 is 0 Å². The van der Waals surface area contributed by atoms with Crippen molar-refractivity contribution in [2.45, 2.75) is 38.6 Å². The van der Waals surface area contributed by atoms with Crippen LogP contribution >= 0.6 is 0 Å². The maximum absolute atomic E-state index is 13.1. The summed E-state index contributed by atoms with van der Waals surface area (Å²) in [5, 5.41) is 12.3. The van der Waals surface area contributed by atoms with Crippen LogP contribution in [0.4, 0.5) is 11.4 Å². The number of benzene rings is 3. The van der Waals surface area contributed by atoms with Gasteiger partial charge in [-0.25, -0.2) is 0 Å². The molecule has 0 aliphatic heterocycles. The smallest absolute Gasteiger partial charge is 0.252 e. The van der Waals surface area contributed by atoms with Crippen molar-refractivity contribution >= 4 is 28.1 Å². The Kier molecular flexibility index (Phi) is 6.22. The Labute approximate surface area is 179 Å². The van der Waals surface area contributed by atoms with E-state index >= 15 is 0 Å². The summed E-state index contributed by atoms with van der Waals surface area (Å²) in [6.07, 6.45) is 4.43. The molecule has 0 aromatic heterocycles. The third-order valence-corrected chi connectivity index (χ3v) is 6.28. The summed E-state index contributed by atoms with van der Waals surface area (Å²) in [6, 6.07) is 20.7. The van der Waals surface area contributed by atoms with Crippen molar-refractivity contribution in [3.8, 4) is 0 Å². The van der Waals surface area contributed by atoms with E-state index in [-0.39, 0.29) is 11.9 Å². The lowest BCUT2D eigenvalue weighted by molar-refractivity contribution is 0.0922. The molecule has 0 radical (unpaired) electrons. The fourth-order valence-electron chi connectivity index (χ4n) is 4.63. The van der Waals surface area contributed by atoms with Crippen LogP contribution in [0.1, 0.15) is 41.6 Å². The van der Waals surface area contributed by atoms with Gasteiger partial charge in [0.25, 0.3) is 5.91 Å². The van der Waals surface area contributed by atoms with Gasteiger partial charge in [0, 0.05) is 25.2 Å². The van der Waals surface area contributed by atoms with Crippen molar-refractivity contribution in [3.63, 3.8) is 0 Å². The highest BCUT2D eigenvalue weighted by atomic mass is 16.1. The summed E-state index contributed by atoms with van der Waals surface area (Å²) in [5.41, 5.74) is 4.23. The lowest BCUT2D eigenvalue weighted by Crippen LogP contribution is -2.39. The first-order chi connectivity index (χ1) is 14.7. The van der Waals surface area contributed by atoms with Crippen molar-refractivity contribution in [2.24, 2.45) is 5.92 Å². The molecule has 3 aromatic carbocycles. The maximum Gasteiger partial charge on any atom is 0.252 e. The highest BCUT2D eigenvalue weighted by Crippen LogP contribution is 2.28. The first-order valence-corrected chi connectivity index (χ1v) is 11.0. The van der Waals surface area contributed by atoms with Gasteiger partial charge in [-0.1, -0.05) is 48.9 Å². The molecule has 0 spiro atoms. The number of fused-ring (bicyclic) bond motifs is 1. The van der Waals surface area contributed by atoms with Gasteiger partial charge in [-0.3, -0.25) is 4.79 Å². The molecule has 4 heteroatoms. The molecule has 0 saturated heterocycles. The predicted octanol–water partition coefficient (Wildman–Crippen LogP) is 5.59. The van der Waals surface area contributed by atoms with Gasteiger partial charge < -0.3 is 16.0 Å². The molecule has 1 fully saturated rings. The normalized spacial score (nSPS) is 18.7. The van der Waals surface area contributed by atoms with Crippen LogP contribution in [0.15, 0.2) is 60.7 Å². The van der Waals surface area contributed by atoms with E-state index in [2.05, 4.69) is 47.1 Å². The van der Waals surface area contributed by atoms with E-state index < -0.39 is 0 Å². The summed E-state index contributed by atoms with van der Waals surface area (Å²) in [4.78, 5) is 13.1. The summed E-state index contributed by atoms with van der Waals surface area (Å²) in [6.45, 7) is 3.02. The van der Waals surface area contributed by atoms with Crippen molar-refractivity contribution < 1.29 is 4.79 Å². The molecule has 0 heterocycles. The average Bonchev–Trinajstić information content (AvgIpc) is 2.78. The van der Waals surface area contributed by atoms with Crippen LogP contribution in [0.5, 0.6) is 0 Å². The molecular formula is C26H31N3O. The molecule has 0 bridgehead atoms. The van der Waals surface area contributed by atoms with Gasteiger partial charge in [-0.15, -0.1) is 0 Å². The molecule has 156 valence electrons. The van der Waals surface area contributed by atoms with Gasteiger partial charge in [0.15, 0.2) is 0 Å². The van der Waals surface area contributed by atoms with E-state index in [1.165, 1.54) is 12.0 Å². The Morgan fingerprint density at radius 1 is 0.933 bits per heavy atom. The van der Waals surface area contributed by atoms with Crippen LogP contribution in [-0.4, -0.2) is 25.5 Å². The number of carbonyl (C=O) groups excluding carboxylic acids is 1. The molecule has 4 rings (SSSR count). The monoisotopic (exact) mass is 401 g/mol. The minimum absolute atomic E-state index is 0.0466. The zero-order valence-electron chi connectivity index (χ0n) is 17.9. The van der Waals surface area contributed by atoms with E-state index in [1.54, 1.807) is 0 Å². The minimum Gasteiger partial charge on any atom is -0.386 e. The summed E-state index contributed by atoms with van der Waals surface area (Å²) in [5.74, 6) is 0.606. The summed E-state index contributed by atoms with van der Waals surface area (Å²) < 4.78 is 0. The Balaban J connectivity index is 1.40. The number of carbonyl (C=O) groups is 1. The average molecular weight is 402 g/mol. The lowest BCUT2D eigenvalue weighted by atomic mass is 9.85. The molecule has 3 aromatic rings. The molecule has 1 aliphatic rings. The number of anilines is 2. The van der Waals surface area contributed by atoms with Gasteiger partial charge in [0.2, 0.25) is 0 Å². The zero-order valence-corrected chi connectivity index (χ0v) is 17.9. The first-order valence-electron chi connectivity index (χ1n) is 11.0. The van der Waals surface area contributed by atoms with Gasteiger partial charge in [0.05, 0.1) is 11.4 Å². The fraction of sp³-hybridized carbons (Fsp3) is 0.346. The van der Waals surface area contributed by atoms with Gasteiger partial charge in [0.1, 0.15) is 0 Å². The highest BCUT2D eigenvalue weighted by molar-refractivity contribution is 6.07. The number of aryl methyl sites for hydroxylation is 1. The molecule has 3 N–H and O–H groups in total. The van der Waals surface area contributed by atoms with Crippen LogP contribution in [-0.2, 0) is 0 Å². The van der Waals surface area contributed by atoms with Crippen molar-refractivity contribution in [1.29, 1.82) is 0 Å². The number of amides is 1. The zero-order chi connectivity index (χ0) is 20.9. The summed E-state index contributed by atoms with van der Waals surface area (Å²) >= 11 is 0. The quantitative estimate of drug-likeness (QED) is 0.505. The molecule has 2 atom stereocenters. The number of nitrogens with one attached hydrogen (secondary N) is 3. The lowest BCUT2D eigenvalue weighted by Gasteiger charge is -2.30. The molecular weight excluding hydrogens is 370 g/mol. The Morgan fingerprint density at radius 3 is 2.47 bits per heavy atom. The van der Waals surface area contributed by atoms with Crippen LogP contribution in [0.3, 0.4) is 0 Å². The SMILES string of the molecule is CNc1ccccc1NCC1CCCC(NC(=O)c2ccc(C)c3ccccc23)C1. The molecule has 1 saturated carbocycles. The van der Waals surface area contributed by atoms with E-state index in [0.29, 0.717) is 5.92 Å². The van der Waals surface area contributed by atoms with Crippen molar-refractivity contribution in [2.75, 3.05) is 24.2 Å². The van der Waals surface area contributed by atoms with E-state index in [0.717, 1.165) is 53.5 Å². The Bertz CT molecular complexity index is 1030.